The molecule has 1 unspecified atom stereocenters. The van der Waals surface area contributed by atoms with E-state index in [1.54, 1.807) is 0 Å². The molecule has 1 atom stereocenters. The zero-order valence-corrected chi connectivity index (χ0v) is 9.65. The van der Waals surface area contributed by atoms with Crippen molar-refractivity contribution in [3.8, 4) is 0 Å². The Morgan fingerprint density at radius 2 is 2.08 bits per heavy atom. The van der Waals surface area contributed by atoms with E-state index >= 15 is 0 Å². The molecule has 1 nitrogen and oxygen atoms in total. The Hall–Kier alpha value is 0.140. The molecule has 12 heavy (non-hydrogen) atoms. The van der Waals surface area contributed by atoms with Crippen LogP contribution in [0, 0.1) is 0 Å². The van der Waals surface area contributed by atoms with Crippen molar-refractivity contribution in [1.29, 1.82) is 0 Å². The molecule has 0 saturated carbocycles. The molecular formula is C9H9Br2N. The number of hydrogen-bond donors (Lipinski definition) is 1. The van der Waals surface area contributed by atoms with Crippen LogP contribution in [-0.4, -0.2) is 6.54 Å². The van der Waals surface area contributed by atoms with Gasteiger partial charge in [-0.15, -0.1) is 0 Å². The predicted molar refractivity (Wildman–Crippen MR) is 57.2 cm³/mol. The van der Waals surface area contributed by atoms with Crippen LogP contribution in [-0.2, 0) is 0 Å². The second kappa shape index (κ2) is 3.48. The van der Waals surface area contributed by atoms with Crippen LogP contribution in [0.15, 0.2) is 27.1 Å². The number of rotatable bonds is 1. The molecule has 1 heterocycles. The van der Waals surface area contributed by atoms with E-state index in [-0.39, 0.29) is 0 Å². The van der Waals surface area contributed by atoms with Gasteiger partial charge in [-0.3, -0.25) is 0 Å². The SMILES string of the molecule is Brc1ccc(C2CCN2)c(Br)c1. The fourth-order valence-electron chi connectivity index (χ4n) is 1.34. The van der Waals surface area contributed by atoms with Crippen LogP contribution < -0.4 is 5.32 Å². The van der Waals surface area contributed by atoms with E-state index < -0.39 is 0 Å². The maximum atomic E-state index is 3.55. The van der Waals surface area contributed by atoms with Gasteiger partial charge in [-0.05, 0) is 30.7 Å². The van der Waals surface area contributed by atoms with Gasteiger partial charge in [0.25, 0.3) is 0 Å². The summed E-state index contributed by atoms with van der Waals surface area (Å²) < 4.78 is 2.31. The van der Waals surface area contributed by atoms with Gasteiger partial charge >= 0.3 is 0 Å². The molecule has 1 aromatic carbocycles. The molecule has 1 aliphatic heterocycles. The van der Waals surface area contributed by atoms with Gasteiger partial charge in [0, 0.05) is 15.0 Å². The van der Waals surface area contributed by atoms with Gasteiger partial charge in [0.15, 0.2) is 0 Å². The van der Waals surface area contributed by atoms with Crippen molar-refractivity contribution in [3.05, 3.63) is 32.7 Å². The van der Waals surface area contributed by atoms with Gasteiger partial charge in [0.2, 0.25) is 0 Å². The molecule has 0 amide bonds. The van der Waals surface area contributed by atoms with Crippen LogP contribution in [0.3, 0.4) is 0 Å². The second-order valence-electron chi connectivity index (χ2n) is 2.96. The van der Waals surface area contributed by atoms with E-state index in [2.05, 4.69) is 55.4 Å². The van der Waals surface area contributed by atoms with Crippen LogP contribution in [0.25, 0.3) is 0 Å². The summed E-state index contributed by atoms with van der Waals surface area (Å²) in [5, 5.41) is 3.38. The molecule has 0 radical (unpaired) electrons. The van der Waals surface area contributed by atoms with Crippen molar-refractivity contribution < 1.29 is 0 Å². The molecule has 1 aliphatic rings. The topological polar surface area (TPSA) is 12.0 Å². The quantitative estimate of drug-likeness (QED) is 0.837. The zero-order valence-electron chi connectivity index (χ0n) is 6.48. The van der Waals surface area contributed by atoms with Gasteiger partial charge in [-0.2, -0.15) is 0 Å². The van der Waals surface area contributed by atoms with Gasteiger partial charge < -0.3 is 5.32 Å². The molecule has 0 aliphatic carbocycles. The van der Waals surface area contributed by atoms with Crippen LogP contribution in [0.1, 0.15) is 18.0 Å². The molecular weight excluding hydrogens is 282 g/mol. The fraction of sp³-hybridized carbons (Fsp3) is 0.333. The van der Waals surface area contributed by atoms with E-state index in [1.807, 2.05) is 0 Å². The largest absolute Gasteiger partial charge is 0.310 e. The smallest absolute Gasteiger partial charge is 0.0343 e. The molecule has 0 aromatic heterocycles. The van der Waals surface area contributed by atoms with Crippen molar-refractivity contribution >= 4 is 31.9 Å². The predicted octanol–water partition coefficient (Wildman–Crippen LogP) is 3.25. The van der Waals surface area contributed by atoms with Gasteiger partial charge in [0.05, 0.1) is 0 Å². The van der Waals surface area contributed by atoms with E-state index in [9.17, 15) is 0 Å². The Kier molecular flexibility index (Phi) is 2.53. The van der Waals surface area contributed by atoms with Gasteiger partial charge in [-0.25, -0.2) is 0 Å². The van der Waals surface area contributed by atoms with Crippen molar-refractivity contribution in [2.24, 2.45) is 0 Å². The highest BCUT2D eigenvalue weighted by atomic mass is 79.9. The first kappa shape index (κ1) is 8.73. The van der Waals surface area contributed by atoms with E-state index in [4.69, 9.17) is 0 Å². The Balaban J connectivity index is 2.31. The standard InChI is InChI=1S/C9H9Br2N/c10-6-1-2-7(8(11)5-6)9-3-4-12-9/h1-2,5,9,12H,3-4H2. The minimum Gasteiger partial charge on any atom is -0.310 e. The molecule has 3 heteroatoms. The molecule has 2 rings (SSSR count). The first-order chi connectivity index (χ1) is 5.77. The molecule has 1 fully saturated rings. The maximum Gasteiger partial charge on any atom is 0.0343 e. The summed E-state index contributed by atoms with van der Waals surface area (Å²) in [4.78, 5) is 0. The van der Waals surface area contributed by atoms with Crippen molar-refractivity contribution in [3.63, 3.8) is 0 Å². The van der Waals surface area contributed by atoms with Crippen molar-refractivity contribution in [2.45, 2.75) is 12.5 Å². The molecule has 0 spiro atoms. The van der Waals surface area contributed by atoms with E-state index in [0.29, 0.717) is 6.04 Å². The summed E-state index contributed by atoms with van der Waals surface area (Å²) in [6, 6.07) is 6.90. The number of halogens is 2. The van der Waals surface area contributed by atoms with Crippen molar-refractivity contribution in [1.82, 2.24) is 5.32 Å². The Bertz CT molecular complexity index is 295. The van der Waals surface area contributed by atoms with Gasteiger partial charge in [0.1, 0.15) is 0 Å². The Morgan fingerprint density at radius 3 is 2.58 bits per heavy atom. The summed E-state index contributed by atoms with van der Waals surface area (Å²) in [6.07, 6.45) is 1.25. The fourth-order valence-corrected chi connectivity index (χ4v) is 2.66. The lowest BCUT2D eigenvalue weighted by Gasteiger charge is -2.28. The van der Waals surface area contributed by atoms with Crippen LogP contribution in [0.5, 0.6) is 0 Å². The molecule has 64 valence electrons. The summed E-state index contributed by atoms with van der Waals surface area (Å²) in [5.41, 5.74) is 1.37. The average Bonchev–Trinajstić information content (AvgIpc) is 1.91. The van der Waals surface area contributed by atoms with Crippen molar-refractivity contribution in [2.75, 3.05) is 6.54 Å². The summed E-state index contributed by atoms with van der Waals surface area (Å²) >= 11 is 6.99. The summed E-state index contributed by atoms with van der Waals surface area (Å²) in [7, 11) is 0. The average molecular weight is 291 g/mol. The minimum absolute atomic E-state index is 0.562. The Labute approximate surface area is 88.8 Å². The number of nitrogens with one attached hydrogen (secondary N) is 1. The summed E-state index contributed by atoms with van der Waals surface area (Å²) in [5.74, 6) is 0. The zero-order chi connectivity index (χ0) is 8.55. The van der Waals surface area contributed by atoms with Crippen LogP contribution in [0.4, 0.5) is 0 Å². The maximum absolute atomic E-state index is 3.55. The van der Waals surface area contributed by atoms with Gasteiger partial charge in [-0.1, -0.05) is 37.9 Å². The third-order valence-corrected chi connectivity index (χ3v) is 3.34. The third-order valence-electron chi connectivity index (χ3n) is 2.16. The lowest BCUT2D eigenvalue weighted by Crippen LogP contribution is -2.35. The first-order valence-corrected chi connectivity index (χ1v) is 5.54. The third kappa shape index (κ3) is 1.58. The normalized spacial score (nSPS) is 22.0. The highest BCUT2D eigenvalue weighted by Crippen LogP contribution is 2.31. The lowest BCUT2D eigenvalue weighted by atomic mass is 9.98. The number of hydrogen-bond acceptors (Lipinski definition) is 1. The monoisotopic (exact) mass is 289 g/mol. The van der Waals surface area contributed by atoms with E-state index in [1.165, 1.54) is 16.5 Å². The Morgan fingerprint density at radius 1 is 1.33 bits per heavy atom. The minimum atomic E-state index is 0.562. The highest BCUT2D eigenvalue weighted by molar-refractivity contribution is 9.11. The number of benzene rings is 1. The van der Waals surface area contributed by atoms with E-state index in [0.717, 1.165) is 11.0 Å². The van der Waals surface area contributed by atoms with Crippen LogP contribution >= 0.6 is 31.9 Å². The molecule has 0 bridgehead atoms. The first-order valence-electron chi connectivity index (χ1n) is 3.96. The highest BCUT2D eigenvalue weighted by Gasteiger charge is 2.20. The lowest BCUT2D eigenvalue weighted by molar-refractivity contribution is 0.382. The molecule has 1 N–H and O–H groups in total. The summed E-state index contributed by atoms with van der Waals surface area (Å²) in [6.45, 7) is 1.15. The molecule has 1 aromatic rings. The van der Waals surface area contributed by atoms with Crippen LogP contribution in [0.2, 0.25) is 0 Å². The molecule has 1 saturated heterocycles. The second-order valence-corrected chi connectivity index (χ2v) is 4.73.